The maximum absolute atomic E-state index is 13.6. The number of nitrogens with two attached hydrogens (primary N) is 1. The van der Waals surface area contributed by atoms with E-state index in [-0.39, 0.29) is 28.1 Å². The summed E-state index contributed by atoms with van der Waals surface area (Å²) >= 11 is 0. The number of halogens is 3. The van der Waals surface area contributed by atoms with Crippen molar-refractivity contribution < 1.29 is 23.1 Å². The van der Waals surface area contributed by atoms with Crippen LogP contribution in [0.1, 0.15) is 18.2 Å². The number of likely N-dealkylation sites (N-methyl/N-ethyl adjacent to an activating group) is 1. The molecule has 0 saturated heterocycles. The Bertz CT molecular complexity index is 1200. The number of hydrogen-bond acceptors (Lipinski definition) is 6. The second-order valence-corrected chi connectivity index (χ2v) is 6.59. The normalized spacial score (nSPS) is 12.2. The summed E-state index contributed by atoms with van der Waals surface area (Å²) in [4.78, 5) is 24.9. The van der Waals surface area contributed by atoms with Crippen LogP contribution >= 0.6 is 0 Å². The van der Waals surface area contributed by atoms with E-state index >= 15 is 0 Å². The molecular formula is C21H18F3N5O2. The zero-order valence-corrected chi connectivity index (χ0v) is 16.6. The van der Waals surface area contributed by atoms with Crippen molar-refractivity contribution in [2.75, 3.05) is 19.3 Å². The van der Waals surface area contributed by atoms with Crippen molar-refractivity contribution in [3.05, 3.63) is 47.8 Å². The lowest BCUT2D eigenvalue weighted by molar-refractivity contribution is -0.139. The van der Waals surface area contributed by atoms with Gasteiger partial charge in [0, 0.05) is 36.3 Å². The maximum atomic E-state index is 13.6. The van der Waals surface area contributed by atoms with Gasteiger partial charge in [-0.3, -0.25) is 4.79 Å². The topological polar surface area (TPSA) is 105 Å². The molecule has 2 heterocycles. The SMILES string of the molecule is CCN(C)C(=O)[C@H](O)C#Cc1cccc(-c2nc(C(F)(F)F)c3ccnc(N)c3n2)c1. The lowest BCUT2D eigenvalue weighted by atomic mass is 10.1. The number of aliphatic hydroxyl groups is 1. The molecule has 3 N–H and O–H groups in total. The van der Waals surface area contributed by atoms with Crippen molar-refractivity contribution in [2.45, 2.75) is 19.2 Å². The first-order chi connectivity index (χ1) is 14.6. The van der Waals surface area contributed by atoms with Crippen molar-refractivity contribution in [3.8, 4) is 23.2 Å². The Morgan fingerprint density at radius 1 is 1.29 bits per heavy atom. The molecule has 0 bridgehead atoms. The minimum atomic E-state index is -4.73. The monoisotopic (exact) mass is 429 g/mol. The van der Waals surface area contributed by atoms with E-state index in [1.165, 1.54) is 24.1 Å². The van der Waals surface area contributed by atoms with Gasteiger partial charge in [0.25, 0.3) is 5.91 Å². The molecule has 10 heteroatoms. The number of benzene rings is 1. The Morgan fingerprint density at radius 2 is 2.03 bits per heavy atom. The van der Waals surface area contributed by atoms with Crippen LogP contribution in [0.3, 0.4) is 0 Å². The molecule has 0 unspecified atom stereocenters. The van der Waals surface area contributed by atoms with Crippen molar-refractivity contribution in [1.29, 1.82) is 0 Å². The van der Waals surface area contributed by atoms with Crippen LogP contribution in [0.15, 0.2) is 36.5 Å². The number of alkyl halides is 3. The summed E-state index contributed by atoms with van der Waals surface area (Å²) in [5, 5.41) is 9.66. The highest BCUT2D eigenvalue weighted by atomic mass is 19.4. The van der Waals surface area contributed by atoms with E-state index in [2.05, 4.69) is 26.8 Å². The molecule has 0 aliphatic rings. The van der Waals surface area contributed by atoms with E-state index in [4.69, 9.17) is 5.73 Å². The molecule has 1 atom stereocenters. The number of anilines is 1. The van der Waals surface area contributed by atoms with E-state index in [0.717, 1.165) is 12.3 Å². The van der Waals surface area contributed by atoms with Gasteiger partial charge in [-0.05, 0) is 25.1 Å². The van der Waals surface area contributed by atoms with Crippen LogP contribution in [0.4, 0.5) is 19.0 Å². The van der Waals surface area contributed by atoms with Crippen molar-refractivity contribution in [3.63, 3.8) is 0 Å². The molecule has 7 nitrogen and oxygen atoms in total. The molecule has 1 amide bonds. The Morgan fingerprint density at radius 3 is 2.71 bits per heavy atom. The molecule has 160 valence electrons. The van der Waals surface area contributed by atoms with E-state index in [9.17, 15) is 23.1 Å². The van der Waals surface area contributed by atoms with Crippen LogP contribution in [-0.4, -0.2) is 50.6 Å². The van der Waals surface area contributed by atoms with Gasteiger partial charge < -0.3 is 15.7 Å². The zero-order chi connectivity index (χ0) is 22.8. The van der Waals surface area contributed by atoms with Gasteiger partial charge in [-0.15, -0.1) is 0 Å². The Balaban J connectivity index is 2.05. The van der Waals surface area contributed by atoms with E-state index in [0.29, 0.717) is 12.1 Å². The number of amides is 1. The van der Waals surface area contributed by atoms with Crippen molar-refractivity contribution in [1.82, 2.24) is 19.9 Å². The summed E-state index contributed by atoms with van der Waals surface area (Å²) in [6, 6.07) is 7.27. The number of fused-ring (bicyclic) bond motifs is 1. The van der Waals surface area contributed by atoms with E-state index < -0.39 is 23.9 Å². The molecule has 3 rings (SSSR count). The van der Waals surface area contributed by atoms with Crippen molar-refractivity contribution >= 4 is 22.6 Å². The maximum Gasteiger partial charge on any atom is 0.434 e. The Kier molecular flexibility index (Phi) is 6.08. The molecule has 0 aliphatic heterocycles. The van der Waals surface area contributed by atoms with E-state index in [1.54, 1.807) is 19.1 Å². The molecule has 0 saturated carbocycles. The number of hydrogen-bond donors (Lipinski definition) is 2. The standard InChI is InChI=1S/C21H18F3N5O2/c1-3-29(2)20(31)15(30)8-7-12-5-4-6-13(11-12)19-27-16-14(9-10-26-18(16)25)17(28-19)21(22,23)24/h4-6,9-11,15,30H,3H2,1-2H3,(H2,25,26)/t15-/m1/s1. The van der Waals surface area contributed by atoms with Crippen LogP contribution in [0, 0.1) is 11.8 Å². The third kappa shape index (κ3) is 4.73. The van der Waals surface area contributed by atoms with E-state index in [1.807, 2.05) is 0 Å². The average Bonchev–Trinajstić information content (AvgIpc) is 2.75. The minimum Gasteiger partial charge on any atom is -0.382 e. The lowest BCUT2D eigenvalue weighted by Crippen LogP contribution is -2.35. The minimum absolute atomic E-state index is 0.111. The number of rotatable bonds is 3. The highest BCUT2D eigenvalue weighted by molar-refractivity contribution is 5.90. The van der Waals surface area contributed by atoms with Gasteiger partial charge in [0.1, 0.15) is 11.3 Å². The number of nitrogens with zero attached hydrogens (tertiary/aromatic N) is 4. The van der Waals surface area contributed by atoms with Crippen LogP contribution in [0.2, 0.25) is 0 Å². The second-order valence-electron chi connectivity index (χ2n) is 6.59. The molecule has 3 aromatic rings. The van der Waals surface area contributed by atoms with Crippen LogP contribution in [0.5, 0.6) is 0 Å². The number of aromatic nitrogens is 3. The average molecular weight is 429 g/mol. The fourth-order valence-electron chi connectivity index (χ4n) is 2.74. The number of aliphatic hydroxyl groups excluding tert-OH is 1. The Hall–Kier alpha value is -3.71. The third-order valence-corrected chi connectivity index (χ3v) is 4.47. The van der Waals surface area contributed by atoms with Crippen LogP contribution in [0.25, 0.3) is 22.3 Å². The first-order valence-corrected chi connectivity index (χ1v) is 9.16. The van der Waals surface area contributed by atoms with Crippen LogP contribution in [-0.2, 0) is 11.0 Å². The predicted octanol–water partition coefficient (Wildman–Crippen LogP) is 2.48. The van der Waals surface area contributed by atoms with Gasteiger partial charge in [0.2, 0.25) is 0 Å². The van der Waals surface area contributed by atoms with Crippen molar-refractivity contribution in [2.24, 2.45) is 0 Å². The van der Waals surface area contributed by atoms with Gasteiger partial charge >= 0.3 is 6.18 Å². The highest BCUT2D eigenvalue weighted by Crippen LogP contribution is 2.35. The number of pyridine rings is 1. The first-order valence-electron chi connectivity index (χ1n) is 9.16. The van der Waals surface area contributed by atoms with Crippen LogP contribution < -0.4 is 5.73 Å². The molecule has 0 spiro atoms. The summed E-state index contributed by atoms with van der Waals surface area (Å²) in [5.41, 5.74) is 5.12. The second kappa shape index (κ2) is 8.57. The molecular weight excluding hydrogens is 411 g/mol. The largest absolute Gasteiger partial charge is 0.434 e. The van der Waals surface area contributed by atoms with Gasteiger partial charge in [-0.1, -0.05) is 24.0 Å². The summed E-state index contributed by atoms with van der Waals surface area (Å²) in [5.74, 6) is 4.17. The first kappa shape index (κ1) is 22.0. The van der Waals surface area contributed by atoms with Gasteiger partial charge in [0.15, 0.2) is 17.6 Å². The summed E-state index contributed by atoms with van der Waals surface area (Å²) in [6.07, 6.45) is -5.08. The molecule has 0 aliphatic carbocycles. The number of carbonyl (C=O) groups is 1. The smallest absolute Gasteiger partial charge is 0.382 e. The molecule has 0 radical (unpaired) electrons. The third-order valence-electron chi connectivity index (χ3n) is 4.47. The fraction of sp³-hybridized carbons (Fsp3) is 0.238. The zero-order valence-electron chi connectivity index (χ0n) is 16.6. The predicted molar refractivity (Wildman–Crippen MR) is 108 cm³/mol. The molecule has 0 fully saturated rings. The summed E-state index contributed by atoms with van der Waals surface area (Å²) < 4.78 is 40.7. The summed E-state index contributed by atoms with van der Waals surface area (Å²) in [7, 11) is 1.53. The van der Waals surface area contributed by atoms with Gasteiger partial charge in [-0.25, -0.2) is 15.0 Å². The molecule has 31 heavy (non-hydrogen) atoms. The van der Waals surface area contributed by atoms with Gasteiger partial charge in [0.05, 0.1) is 0 Å². The lowest BCUT2D eigenvalue weighted by Gasteiger charge is -2.15. The number of carbonyl (C=O) groups excluding carboxylic acids is 1. The molecule has 1 aromatic carbocycles. The highest BCUT2D eigenvalue weighted by Gasteiger charge is 2.36. The van der Waals surface area contributed by atoms with Gasteiger partial charge in [-0.2, -0.15) is 13.2 Å². The fourth-order valence-corrected chi connectivity index (χ4v) is 2.74. The Labute approximate surface area is 175 Å². The molecule has 2 aromatic heterocycles. The quantitative estimate of drug-likeness (QED) is 0.620. The summed E-state index contributed by atoms with van der Waals surface area (Å²) in [6.45, 7) is 2.16. The number of nitrogen functional groups attached to an aromatic ring is 1.